The van der Waals surface area contributed by atoms with Gasteiger partial charge < -0.3 is 10.2 Å². The molecular weight excluding hydrogens is 267 g/mol. The fourth-order valence-electron chi connectivity index (χ4n) is 2.47. The lowest BCUT2D eigenvalue weighted by Gasteiger charge is -2.20. The van der Waals surface area contributed by atoms with E-state index in [4.69, 9.17) is 5.26 Å². The van der Waals surface area contributed by atoms with Gasteiger partial charge in [0.05, 0.1) is 17.2 Å². The van der Waals surface area contributed by atoms with Gasteiger partial charge in [-0.2, -0.15) is 18.4 Å². The molecule has 3 nitrogen and oxygen atoms in total. The summed E-state index contributed by atoms with van der Waals surface area (Å²) in [5.74, 6) is 0. The van der Waals surface area contributed by atoms with Gasteiger partial charge in [-0.3, -0.25) is 0 Å². The second-order valence-corrected chi connectivity index (χ2v) is 5.03. The van der Waals surface area contributed by atoms with E-state index in [9.17, 15) is 13.2 Å². The van der Waals surface area contributed by atoms with Crippen LogP contribution in [0.2, 0.25) is 0 Å². The van der Waals surface area contributed by atoms with Crippen molar-refractivity contribution in [2.24, 2.45) is 0 Å². The van der Waals surface area contributed by atoms with Crippen LogP contribution in [-0.2, 0) is 6.18 Å². The first-order valence-corrected chi connectivity index (χ1v) is 6.47. The molecule has 0 radical (unpaired) electrons. The predicted octanol–water partition coefficient (Wildman–Crippen LogP) is 3.08. The largest absolute Gasteiger partial charge is 0.417 e. The number of anilines is 1. The zero-order valence-electron chi connectivity index (χ0n) is 11.2. The van der Waals surface area contributed by atoms with Crippen LogP contribution < -0.4 is 5.32 Å². The quantitative estimate of drug-likeness (QED) is 0.926. The van der Waals surface area contributed by atoms with Gasteiger partial charge in [-0.15, -0.1) is 0 Å². The number of hydrogen-bond acceptors (Lipinski definition) is 3. The van der Waals surface area contributed by atoms with Gasteiger partial charge in [0.25, 0.3) is 0 Å². The first-order valence-electron chi connectivity index (χ1n) is 6.47. The lowest BCUT2D eigenvalue weighted by Crippen LogP contribution is -2.31. The number of nitrogens with zero attached hydrogens (tertiary/aromatic N) is 2. The number of rotatable bonds is 3. The summed E-state index contributed by atoms with van der Waals surface area (Å²) in [7, 11) is 2.03. The smallest absolute Gasteiger partial charge is 0.383 e. The molecule has 1 aromatic carbocycles. The van der Waals surface area contributed by atoms with Crippen LogP contribution in [0.1, 0.15) is 24.0 Å². The zero-order chi connectivity index (χ0) is 14.8. The van der Waals surface area contributed by atoms with Crippen molar-refractivity contribution in [2.75, 3.05) is 25.5 Å². The highest BCUT2D eigenvalue weighted by molar-refractivity contribution is 5.53. The molecule has 0 aliphatic carbocycles. The van der Waals surface area contributed by atoms with Crippen molar-refractivity contribution in [2.45, 2.75) is 25.1 Å². The number of nitriles is 1. The van der Waals surface area contributed by atoms with E-state index in [1.165, 1.54) is 12.1 Å². The highest BCUT2D eigenvalue weighted by Crippen LogP contribution is 2.33. The fraction of sp³-hybridized carbons (Fsp3) is 0.500. The minimum absolute atomic E-state index is 0.345. The first-order chi connectivity index (χ1) is 9.41. The second kappa shape index (κ2) is 5.71. The molecular formula is C14H16F3N3. The molecule has 6 heteroatoms. The summed E-state index contributed by atoms with van der Waals surface area (Å²) in [6, 6.07) is 5.59. The third kappa shape index (κ3) is 3.23. The van der Waals surface area contributed by atoms with Gasteiger partial charge in [0.15, 0.2) is 0 Å². The van der Waals surface area contributed by atoms with Gasteiger partial charge in [-0.25, -0.2) is 0 Å². The Balaban J connectivity index is 2.08. The molecule has 1 atom stereocenters. The predicted molar refractivity (Wildman–Crippen MR) is 70.3 cm³/mol. The molecule has 1 N–H and O–H groups in total. The molecule has 1 aromatic rings. The van der Waals surface area contributed by atoms with Crippen molar-refractivity contribution in [3.8, 4) is 6.07 Å². The molecule has 2 rings (SSSR count). The SMILES string of the molecule is CN1CCCC1CNc1ccc(C(F)(F)F)c(C#N)c1. The monoisotopic (exact) mass is 283 g/mol. The summed E-state index contributed by atoms with van der Waals surface area (Å²) in [6.45, 7) is 1.72. The lowest BCUT2D eigenvalue weighted by molar-refractivity contribution is -0.137. The second-order valence-electron chi connectivity index (χ2n) is 5.03. The molecule has 1 unspecified atom stereocenters. The number of alkyl halides is 3. The van der Waals surface area contributed by atoms with Crippen LogP contribution in [0, 0.1) is 11.3 Å². The van der Waals surface area contributed by atoms with Crippen molar-refractivity contribution >= 4 is 5.69 Å². The molecule has 1 heterocycles. The van der Waals surface area contributed by atoms with E-state index < -0.39 is 11.7 Å². The van der Waals surface area contributed by atoms with Gasteiger partial charge in [-0.1, -0.05) is 0 Å². The van der Waals surface area contributed by atoms with Crippen LogP contribution >= 0.6 is 0 Å². The number of halogens is 3. The van der Waals surface area contributed by atoms with Gasteiger partial charge in [0, 0.05) is 18.3 Å². The van der Waals surface area contributed by atoms with Crippen molar-refractivity contribution in [3.05, 3.63) is 29.3 Å². The Labute approximate surface area is 116 Å². The van der Waals surface area contributed by atoms with Crippen LogP contribution in [-0.4, -0.2) is 31.1 Å². The summed E-state index contributed by atoms with van der Waals surface area (Å²) >= 11 is 0. The van der Waals surface area contributed by atoms with Crippen molar-refractivity contribution < 1.29 is 13.2 Å². The molecule has 1 fully saturated rings. The van der Waals surface area contributed by atoms with E-state index in [1.807, 2.05) is 7.05 Å². The zero-order valence-corrected chi connectivity index (χ0v) is 11.2. The highest BCUT2D eigenvalue weighted by atomic mass is 19.4. The number of nitrogens with one attached hydrogen (secondary N) is 1. The van der Waals surface area contributed by atoms with Gasteiger partial charge >= 0.3 is 6.18 Å². The van der Waals surface area contributed by atoms with E-state index >= 15 is 0 Å². The normalized spacial score (nSPS) is 19.9. The van der Waals surface area contributed by atoms with E-state index in [0.717, 1.165) is 25.5 Å². The van der Waals surface area contributed by atoms with E-state index in [2.05, 4.69) is 10.2 Å². The van der Waals surface area contributed by atoms with Gasteiger partial charge in [0.2, 0.25) is 0 Å². The summed E-state index contributed by atoms with van der Waals surface area (Å²) in [6.07, 6.45) is -2.27. The molecule has 1 aliphatic heterocycles. The molecule has 20 heavy (non-hydrogen) atoms. The van der Waals surface area contributed by atoms with Crippen LogP contribution in [0.15, 0.2) is 18.2 Å². The summed E-state index contributed by atoms with van der Waals surface area (Å²) in [5, 5.41) is 12.0. The Morgan fingerprint density at radius 1 is 1.45 bits per heavy atom. The highest BCUT2D eigenvalue weighted by Gasteiger charge is 2.33. The maximum absolute atomic E-state index is 12.7. The Morgan fingerprint density at radius 3 is 2.75 bits per heavy atom. The molecule has 0 aromatic heterocycles. The molecule has 108 valence electrons. The minimum Gasteiger partial charge on any atom is -0.383 e. The third-order valence-corrected chi connectivity index (χ3v) is 3.66. The molecule has 0 amide bonds. The van der Waals surface area contributed by atoms with E-state index in [1.54, 1.807) is 6.07 Å². The Morgan fingerprint density at radius 2 is 2.20 bits per heavy atom. The standard InChI is InChI=1S/C14H16F3N3/c1-20-6-2-3-12(20)9-19-11-4-5-13(14(15,16)17)10(7-11)8-18/h4-5,7,12,19H,2-3,6,9H2,1H3. The fourth-order valence-corrected chi connectivity index (χ4v) is 2.47. The molecule has 0 spiro atoms. The van der Waals surface area contributed by atoms with E-state index in [-0.39, 0.29) is 5.56 Å². The Bertz CT molecular complexity index is 519. The number of likely N-dealkylation sites (tertiary alicyclic amines) is 1. The van der Waals surface area contributed by atoms with Crippen LogP contribution in [0.3, 0.4) is 0 Å². The number of likely N-dealkylation sites (N-methyl/N-ethyl adjacent to an activating group) is 1. The van der Waals surface area contributed by atoms with Gasteiger partial charge in [0.1, 0.15) is 0 Å². The topological polar surface area (TPSA) is 39.1 Å². The molecule has 1 saturated heterocycles. The van der Waals surface area contributed by atoms with Crippen LogP contribution in [0.4, 0.5) is 18.9 Å². The van der Waals surface area contributed by atoms with Crippen LogP contribution in [0.5, 0.6) is 0 Å². The maximum Gasteiger partial charge on any atom is 0.417 e. The lowest BCUT2D eigenvalue weighted by atomic mass is 10.1. The number of hydrogen-bond donors (Lipinski definition) is 1. The summed E-state index contributed by atoms with van der Waals surface area (Å²) in [4.78, 5) is 2.22. The average molecular weight is 283 g/mol. The molecule has 1 aliphatic rings. The van der Waals surface area contributed by atoms with Crippen LogP contribution in [0.25, 0.3) is 0 Å². The van der Waals surface area contributed by atoms with Gasteiger partial charge in [-0.05, 0) is 44.6 Å². The van der Waals surface area contributed by atoms with Crippen molar-refractivity contribution in [1.29, 1.82) is 5.26 Å². The first kappa shape index (κ1) is 14.7. The van der Waals surface area contributed by atoms with Crippen molar-refractivity contribution in [3.63, 3.8) is 0 Å². The van der Waals surface area contributed by atoms with Crippen molar-refractivity contribution in [1.82, 2.24) is 4.90 Å². The summed E-state index contributed by atoms with van der Waals surface area (Å²) in [5.41, 5.74) is -0.680. The number of benzene rings is 1. The third-order valence-electron chi connectivity index (χ3n) is 3.66. The minimum atomic E-state index is -4.49. The Kier molecular flexibility index (Phi) is 4.19. The van der Waals surface area contributed by atoms with E-state index in [0.29, 0.717) is 18.3 Å². The molecule has 0 saturated carbocycles. The maximum atomic E-state index is 12.7. The Hall–Kier alpha value is -1.74. The summed E-state index contributed by atoms with van der Waals surface area (Å²) < 4.78 is 38.0. The molecule has 0 bridgehead atoms. The average Bonchev–Trinajstić information content (AvgIpc) is 2.80.